The molecule has 1 amide bonds. The van der Waals surface area contributed by atoms with Gasteiger partial charge in [-0.05, 0) is 24.6 Å². The number of amides is 1. The van der Waals surface area contributed by atoms with Crippen LogP contribution in [0.25, 0.3) is 11.5 Å². The van der Waals surface area contributed by atoms with Crippen molar-refractivity contribution in [3.8, 4) is 11.5 Å². The first kappa shape index (κ1) is 16.7. The lowest BCUT2D eigenvalue weighted by Gasteiger charge is -2.01. The number of nitrogens with one attached hydrogen (secondary N) is 1. The van der Waals surface area contributed by atoms with Gasteiger partial charge in [0.2, 0.25) is 5.89 Å². The smallest absolute Gasteiger partial charge is 0.278 e. The molecular formula is C20H17N5O2. The monoisotopic (exact) mass is 359 g/mol. The second kappa shape index (κ2) is 7.25. The number of hydrogen-bond acceptors (Lipinski definition) is 5. The molecule has 0 fully saturated rings. The van der Waals surface area contributed by atoms with Crippen molar-refractivity contribution in [1.29, 1.82) is 0 Å². The summed E-state index contributed by atoms with van der Waals surface area (Å²) in [6.45, 7) is 2.62. The summed E-state index contributed by atoms with van der Waals surface area (Å²) < 4.78 is 7.06. The molecule has 7 heteroatoms. The number of aryl methyl sites for hydroxylation is 1. The van der Waals surface area contributed by atoms with Crippen LogP contribution in [-0.4, -0.2) is 25.9 Å². The van der Waals surface area contributed by atoms with E-state index in [0.717, 1.165) is 11.1 Å². The Balaban J connectivity index is 1.42. The number of hydrogen-bond donors (Lipinski definition) is 1. The fourth-order valence-corrected chi connectivity index (χ4v) is 2.59. The molecule has 7 nitrogen and oxygen atoms in total. The van der Waals surface area contributed by atoms with Gasteiger partial charge in [-0.1, -0.05) is 53.2 Å². The van der Waals surface area contributed by atoms with Crippen molar-refractivity contribution in [2.75, 3.05) is 5.32 Å². The summed E-state index contributed by atoms with van der Waals surface area (Å²) in [6, 6.07) is 17.6. The van der Waals surface area contributed by atoms with Crippen LogP contribution in [0.2, 0.25) is 0 Å². The predicted octanol–water partition coefficient (Wildman–Crippen LogP) is 3.54. The molecule has 0 spiro atoms. The highest BCUT2D eigenvalue weighted by atomic mass is 16.3. The maximum Gasteiger partial charge on any atom is 0.278 e. The van der Waals surface area contributed by atoms with Crippen LogP contribution in [-0.2, 0) is 6.54 Å². The Morgan fingerprint density at radius 1 is 1.11 bits per heavy atom. The third-order valence-corrected chi connectivity index (χ3v) is 4.00. The van der Waals surface area contributed by atoms with E-state index in [-0.39, 0.29) is 5.69 Å². The van der Waals surface area contributed by atoms with Gasteiger partial charge in [0.1, 0.15) is 6.26 Å². The van der Waals surface area contributed by atoms with Crippen LogP contribution in [0.3, 0.4) is 0 Å². The minimum atomic E-state index is -0.400. The largest absolute Gasteiger partial charge is 0.444 e. The summed E-state index contributed by atoms with van der Waals surface area (Å²) in [5.74, 6) is 0.350. The van der Waals surface area contributed by atoms with Crippen LogP contribution >= 0.6 is 0 Å². The topological polar surface area (TPSA) is 85.8 Å². The van der Waals surface area contributed by atoms with Crippen LogP contribution in [0.5, 0.6) is 0 Å². The minimum Gasteiger partial charge on any atom is -0.444 e. The average Bonchev–Trinajstić information content (AvgIpc) is 3.34. The molecule has 2 aromatic heterocycles. The molecule has 4 rings (SSSR count). The second-order valence-electron chi connectivity index (χ2n) is 6.15. The third kappa shape index (κ3) is 3.92. The van der Waals surface area contributed by atoms with Crippen molar-refractivity contribution in [2.45, 2.75) is 13.5 Å². The summed E-state index contributed by atoms with van der Waals surface area (Å²) in [4.78, 5) is 16.6. The van der Waals surface area contributed by atoms with Crippen LogP contribution in [0.1, 0.15) is 21.6 Å². The van der Waals surface area contributed by atoms with Crippen molar-refractivity contribution in [3.63, 3.8) is 0 Å². The molecule has 1 N–H and O–H groups in total. The number of carbonyl (C=O) groups is 1. The van der Waals surface area contributed by atoms with E-state index in [0.29, 0.717) is 18.3 Å². The number of carbonyl (C=O) groups excluding carboxylic acids is 1. The molecule has 0 aliphatic heterocycles. The average molecular weight is 359 g/mol. The van der Waals surface area contributed by atoms with Gasteiger partial charge in [-0.15, -0.1) is 5.10 Å². The number of nitrogens with zero attached hydrogens (tertiary/aromatic N) is 4. The van der Waals surface area contributed by atoms with Gasteiger partial charge < -0.3 is 9.73 Å². The second-order valence-corrected chi connectivity index (χ2v) is 6.15. The first-order valence-electron chi connectivity index (χ1n) is 8.45. The molecule has 0 radical (unpaired) electrons. The molecule has 4 aromatic rings. The van der Waals surface area contributed by atoms with Gasteiger partial charge in [-0.2, -0.15) is 0 Å². The van der Waals surface area contributed by atoms with Gasteiger partial charge in [-0.25, -0.2) is 9.67 Å². The molecule has 0 bridgehead atoms. The normalized spacial score (nSPS) is 10.7. The van der Waals surface area contributed by atoms with Gasteiger partial charge in [-0.3, -0.25) is 4.79 Å². The van der Waals surface area contributed by atoms with E-state index in [9.17, 15) is 4.79 Å². The van der Waals surface area contributed by atoms with E-state index in [1.165, 1.54) is 11.8 Å². The molecule has 0 saturated heterocycles. The Kier molecular flexibility index (Phi) is 4.49. The maximum absolute atomic E-state index is 12.4. The Hall–Kier alpha value is -3.74. The number of anilines is 1. The molecule has 0 unspecified atom stereocenters. The highest BCUT2D eigenvalue weighted by molar-refractivity contribution is 6.02. The fourth-order valence-electron chi connectivity index (χ4n) is 2.59. The molecule has 0 atom stereocenters. The van der Waals surface area contributed by atoms with Gasteiger partial charge in [0.05, 0.1) is 12.7 Å². The number of rotatable bonds is 5. The fraction of sp³-hybridized carbons (Fsp3) is 0.100. The molecule has 0 saturated carbocycles. The van der Waals surface area contributed by atoms with Crippen molar-refractivity contribution in [3.05, 3.63) is 83.9 Å². The van der Waals surface area contributed by atoms with Gasteiger partial charge >= 0.3 is 0 Å². The zero-order chi connectivity index (χ0) is 18.6. The van der Waals surface area contributed by atoms with Crippen molar-refractivity contribution in [2.24, 2.45) is 0 Å². The Morgan fingerprint density at radius 3 is 2.67 bits per heavy atom. The highest BCUT2D eigenvalue weighted by Crippen LogP contribution is 2.18. The van der Waals surface area contributed by atoms with Gasteiger partial charge in [0.15, 0.2) is 11.5 Å². The van der Waals surface area contributed by atoms with E-state index < -0.39 is 5.91 Å². The zero-order valence-electron chi connectivity index (χ0n) is 14.7. The Morgan fingerprint density at radius 2 is 1.89 bits per heavy atom. The molecule has 134 valence electrons. The first-order valence-corrected chi connectivity index (χ1v) is 8.45. The maximum atomic E-state index is 12.4. The van der Waals surface area contributed by atoms with Crippen molar-refractivity contribution in [1.82, 2.24) is 20.0 Å². The summed E-state index contributed by atoms with van der Waals surface area (Å²) in [7, 11) is 0. The molecule has 2 heterocycles. The Labute approximate surface area is 155 Å². The minimum absolute atomic E-state index is 0.182. The lowest BCUT2D eigenvalue weighted by atomic mass is 10.1. The molecular weight excluding hydrogens is 342 g/mol. The van der Waals surface area contributed by atoms with Crippen LogP contribution in [0, 0.1) is 6.92 Å². The van der Waals surface area contributed by atoms with Crippen molar-refractivity contribution < 1.29 is 9.21 Å². The summed E-state index contributed by atoms with van der Waals surface area (Å²) >= 11 is 0. The third-order valence-electron chi connectivity index (χ3n) is 4.00. The van der Waals surface area contributed by atoms with E-state index in [4.69, 9.17) is 4.42 Å². The van der Waals surface area contributed by atoms with Crippen molar-refractivity contribution >= 4 is 11.7 Å². The van der Waals surface area contributed by atoms with Crippen LogP contribution in [0.4, 0.5) is 5.82 Å². The van der Waals surface area contributed by atoms with Gasteiger partial charge in [0.25, 0.3) is 5.91 Å². The molecule has 0 aliphatic rings. The lowest BCUT2D eigenvalue weighted by molar-refractivity contribution is 0.102. The highest BCUT2D eigenvalue weighted by Gasteiger charge is 2.15. The van der Waals surface area contributed by atoms with Crippen LogP contribution in [0.15, 0.2) is 71.5 Å². The van der Waals surface area contributed by atoms with Crippen LogP contribution < -0.4 is 5.32 Å². The number of oxazole rings is 1. The first-order chi connectivity index (χ1) is 13.2. The number of benzene rings is 2. The summed E-state index contributed by atoms with van der Waals surface area (Å²) in [5, 5.41) is 10.7. The summed E-state index contributed by atoms with van der Waals surface area (Å²) in [6.07, 6.45) is 3.00. The quantitative estimate of drug-likeness (QED) is 0.589. The predicted molar refractivity (Wildman–Crippen MR) is 100 cm³/mol. The van der Waals surface area contributed by atoms with E-state index in [2.05, 4.69) is 20.6 Å². The van der Waals surface area contributed by atoms with E-state index in [1.807, 2.05) is 61.5 Å². The lowest BCUT2D eigenvalue weighted by Crippen LogP contribution is -2.12. The molecule has 0 aliphatic carbocycles. The summed E-state index contributed by atoms with van der Waals surface area (Å²) in [5.41, 5.74) is 3.29. The Bertz CT molecular complexity index is 1050. The van der Waals surface area contributed by atoms with Gasteiger partial charge in [0, 0.05) is 5.56 Å². The molecule has 2 aromatic carbocycles. The number of aromatic nitrogens is 4. The zero-order valence-corrected chi connectivity index (χ0v) is 14.7. The standard InChI is InChI=1S/C20H17N5O2/c1-14-7-9-15(10-8-14)11-25-12-18(23-24-25)22-19(26)17-13-27-20(21-17)16-5-3-2-4-6-16/h2-10,12-13H,11H2,1H3,(H,22,26). The SMILES string of the molecule is Cc1ccc(Cn2cc(NC(=O)c3coc(-c4ccccc4)n3)nn2)cc1. The van der Waals surface area contributed by atoms with E-state index in [1.54, 1.807) is 10.9 Å². The molecule has 27 heavy (non-hydrogen) atoms. The van der Waals surface area contributed by atoms with E-state index >= 15 is 0 Å².